The highest BCUT2D eigenvalue weighted by Crippen LogP contribution is 2.22. The molecule has 2 aromatic rings. The predicted molar refractivity (Wildman–Crippen MR) is 100 cm³/mol. The lowest BCUT2D eigenvalue weighted by atomic mass is 9.95. The van der Waals surface area contributed by atoms with E-state index in [2.05, 4.69) is 29.0 Å². The molecule has 0 aliphatic carbocycles. The van der Waals surface area contributed by atoms with Crippen molar-refractivity contribution >= 4 is 40.6 Å². The van der Waals surface area contributed by atoms with Crippen LogP contribution in [0, 0.1) is 5.92 Å². The van der Waals surface area contributed by atoms with E-state index in [4.69, 9.17) is 0 Å². The van der Waals surface area contributed by atoms with Crippen molar-refractivity contribution in [3.05, 3.63) is 48.0 Å². The molecule has 1 N–H and O–H groups in total. The van der Waals surface area contributed by atoms with Crippen LogP contribution in [0.5, 0.6) is 0 Å². The van der Waals surface area contributed by atoms with E-state index in [-0.39, 0.29) is 30.3 Å². The number of aldehydes is 1. The molecule has 0 aromatic heterocycles. The fraction of sp³-hybridized carbons (Fsp3) is 0.350. The van der Waals surface area contributed by atoms with Gasteiger partial charge in [-0.1, -0.05) is 54.4 Å². The minimum Gasteiger partial charge on any atom is -0.303 e. The average Bonchev–Trinajstić information content (AvgIpc) is 3.13. The van der Waals surface area contributed by atoms with E-state index >= 15 is 0 Å². The Balaban J connectivity index is 1.51. The zero-order valence-electron chi connectivity index (χ0n) is 13.9. The van der Waals surface area contributed by atoms with E-state index in [1.54, 1.807) is 0 Å². The lowest BCUT2D eigenvalue weighted by Gasteiger charge is -2.12. The highest BCUT2D eigenvalue weighted by atomic mass is 32.2. The van der Waals surface area contributed by atoms with Gasteiger partial charge in [0.15, 0.2) is 5.78 Å². The summed E-state index contributed by atoms with van der Waals surface area (Å²) >= 11 is 1.40. The van der Waals surface area contributed by atoms with Gasteiger partial charge in [-0.05, 0) is 22.8 Å². The van der Waals surface area contributed by atoms with Crippen molar-refractivity contribution in [2.24, 2.45) is 5.92 Å². The summed E-state index contributed by atoms with van der Waals surface area (Å²) in [6, 6.07) is 13.8. The molecule has 3 rings (SSSR count). The van der Waals surface area contributed by atoms with Crippen LogP contribution in [0.25, 0.3) is 10.8 Å². The molecule has 5 heteroatoms. The topological polar surface area (TPSA) is 63.2 Å². The standard InChI is InChI=1S/C20H21NO3S/c22-12-16-13-25-21-20(16)19(24)11-10-17(23)9-8-15-6-3-5-14-4-1-2-7-18(14)15/h1-7,12,16,20-21H,8-11,13H2/t16-,20?/m1/s1. The van der Waals surface area contributed by atoms with Gasteiger partial charge >= 0.3 is 0 Å². The second-order valence-electron chi connectivity index (χ2n) is 6.35. The number of Topliss-reactive ketones (excluding diaryl/α,β-unsaturated/α-hetero) is 2. The Morgan fingerprint density at radius 3 is 2.72 bits per heavy atom. The molecule has 0 spiro atoms. The quantitative estimate of drug-likeness (QED) is 0.582. The normalized spacial score (nSPS) is 19.8. The molecule has 2 atom stereocenters. The van der Waals surface area contributed by atoms with Crippen molar-refractivity contribution in [2.45, 2.75) is 31.7 Å². The van der Waals surface area contributed by atoms with E-state index in [0.717, 1.165) is 11.8 Å². The third-order valence-corrected chi connectivity index (χ3v) is 5.61. The van der Waals surface area contributed by atoms with Crippen molar-refractivity contribution in [3.63, 3.8) is 0 Å². The Hall–Kier alpha value is -1.98. The minimum atomic E-state index is -0.437. The molecule has 0 amide bonds. The SMILES string of the molecule is O=C[C@@H]1CSNC1C(=O)CCC(=O)CCc1cccc2ccccc12. The summed E-state index contributed by atoms with van der Waals surface area (Å²) in [6.07, 6.45) is 2.40. The molecule has 1 heterocycles. The second-order valence-corrected chi connectivity index (χ2v) is 7.21. The highest BCUT2D eigenvalue weighted by molar-refractivity contribution is 7.97. The number of ketones is 2. The van der Waals surface area contributed by atoms with Crippen LogP contribution < -0.4 is 4.72 Å². The predicted octanol–water partition coefficient (Wildman–Crippen LogP) is 3.13. The molecule has 1 unspecified atom stereocenters. The number of carbonyl (C=O) groups is 3. The summed E-state index contributed by atoms with van der Waals surface area (Å²) in [4.78, 5) is 35.3. The van der Waals surface area contributed by atoms with Crippen molar-refractivity contribution in [2.75, 3.05) is 5.75 Å². The van der Waals surface area contributed by atoms with Gasteiger partial charge < -0.3 is 4.79 Å². The lowest BCUT2D eigenvalue weighted by molar-refractivity contribution is -0.126. The molecule has 1 saturated heterocycles. The fourth-order valence-electron chi connectivity index (χ4n) is 3.17. The first-order valence-electron chi connectivity index (χ1n) is 8.52. The largest absolute Gasteiger partial charge is 0.303 e. The number of aryl methyl sites for hydroxylation is 1. The summed E-state index contributed by atoms with van der Waals surface area (Å²) in [5.41, 5.74) is 1.16. The van der Waals surface area contributed by atoms with Gasteiger partial charge in [0.2, 0.25) is 0 Å². The zero-order valence-corrected chi connectivity index (χ0v) is 14.8. The molecule has 0 saturated carbocycles. The summed E-state index contributed by atoms with van der Waals surface area (Å²) in [6.45, 7) is 0. The summed E-state index contributed by atoms with van der Waals surface area (Å²) in [7, 11) is 0. The van der Waals surface area contributed by atoms with Gasteiger partial charge in [0.1, 0.15) is 12.1 Å². The molecule has 25 heavy (non-hydrogen) atoms. The number of rotatable bonds is 8. The summed E-state index contributed by atoms with van der Waals surface area (Å²) in [5, 5.41) is 2.35. The molecule has 2 aromatic carbocycles. The first kappa shape index (κ1) is 17.8. The van der Waals surface area contributed by atoms with E-state index < -0.39 is 6.04 Å². The van der Waals surface area contributed by atoms with E-state index in [0.29, 0.717) is 18.6 Å². The van der Waals surface area contributed by atoms with Crippen LogP contribution in [-0.4, -0.2) is 29.6 Å². The molecular formula is C20H21NO3S. The second kappa shape index (κ2) is 8.41. The van der Waals surface area contributed by atoms with Crippen LogP contribution >= 0.6 is 11.9 Å². The number of fused-ring (bicyclic) bond motifs is 1. The van der Waals surface area contributed by atoms with Crippen LogP contribution in [0.4, 0.5) is 0 Å². The lowest BCUT2D eigenvalue weighted by Crippen LogP contribution is -2.35. The van der Waals surface area contributed by atoms with E-state index in [1.165, 1.54) is 22.7 Å². The molecule has 1 fully saturated rings. The van der Waals surface area contributed by atoms with Crippen molar-refractivity contribution in [3.8, 4) is 0 Å². The Morgan fingerprint density at radius 1 is 1.08 bits per heavy atom. The maximum atomic E-state index is 12.2. The Morgan fingerprint density at radius 2 is 1.88 bits per heavy atom. The molecule has 4 nitrogen and oxygen atoms in total. The third-order valence-electron chi connectivity index (χ3n) is 4.64. The maximum absolute atomic E-state index is 12.2. The molecule has 1 aliphatic heterocycles. The first-order chi connectivity index (χ1) is 12.2. The Labute approximate surface area is 151 Å². The van der Waals surface area contributed by atoms with Gasteiger partial charge in [0.05, 0.1) is 6.04 Å². The van der Waals surface area contributed by atoms with Crippen molar-refractivity contribution < 1.29 is 14.4 Å². The van der Waals surface area contributed by atoms with Gasteiger partial charge in [0.25, 0.3) is 0 Å². The summed E-state index contributed by atoms with van der Waals surface area (Å²) < 4.78 is 2.98. The van der Waals surface area contributed by atoms with Crippen molar-refractivity contribution in [1.82, 2.24) is 4.72 Å². The number of hydrogen-bond donors (Lipinski definition) is 1. The van der Waals surface area contributed by atoms with Crippen LogP contribution in [0.2, 0.25) is 0 Å². The minimum absolute atomic E-state index is 0.0411. The van der Waals surface area contributed by atoms with Gasteiger partial charge in [-0.15, -0.1) is 0 Å². The number of benzene rings is 2. The van der Waals surface area contributed by atoms with Crippen LogP contribution in [0.1, 0.15) is 24.8 Å². The Bertz CT molecular complexity index is 784. The van der Waals surface area contributed by atoms with Gasteiger partial charge in [-0.3, -0.25) is 14.3 Å². The van der Waals surface area contributed by atoms with Crippen LogP contribution in [0.15, 0.2) is 42.5 Å². The van der Waals surface area contributed by atoms with E-state index in [1.807, 2.05) is 18.2 Å². The molecule has 0 radical (unpaired) electrons. The monoisotopic (exact) mass is 355 g/mol. The van der Waals surface area contributed by atoms with Crippen LogP contribution in [-0.2, 0) is 20.8 Å². The van der Waals surface area contributed by atoms with Crippen molar-refractivity contribution in [1.29, 1.82) is 0 Å². The number of nitrogens with one attached hydrogen (secondary N) is 1. The third kappa shape index (κ3) is 4.35. The number of hydrogen-bond acceptors (Lipinski definition) is 5. The molecule has 0 bridgehead atoms. The summed E-state index contributed by atoms with van der Waals surface area (Å²) in [5.74, 6) is 0.396. The molecular weight excluding hydrogens is 334 g/mol. The first-order valence-corrected chi connectivity index (χ1v) is 9.51. The smallest absolute Gasteiger partial charge is 0.151 e. The van der Waals surface area contributed by atoms with E-state index in [9.17, 15) is 14.4 Å². The number of carbonyl (C=O) groups excluding carboxylic acids is 3. The maximum Gasteiger partial charge on any atom is 0.151 e. The highest BCUT2D eigenvalue weighted by Gasteiger charge is 2.32. The van der Waals surface area contributed by atoms with Gasteiger partial charge in [0, 0.05) is 30.9 Å². The fourth-order valence-corrected chi connectivity index (χ4v) is 4.21. The molecule has 130 valence electrons. The Kier molecular flexibility index (Phi) is 6.00. The van der Waals surface area contributed by atoms with Gasteiger partial charge in [-0.25, -0.2) is 0 Å². The van der Waals surface area contributed by atoms with Crippen LogP contribution in [0.3, 0.4) is 0 Å². The molecule has 1 aliphatic rings. The zero-order chi connectivity index (χ0) is 17.6. The van der Waals surface area contributed by atoms with Gasteiger partial charge in [-0.2, -0.15) is 0 Å². The average molecular weight is 355 g/mol.